The van der Waals surface area contributed by atoms with Crippen LogP contribution in [0, 0.1) is 10.1 Å². The van der Waals surface area contributed by atoms with Crippen LogP contribution >= 0.6 is 11.9 Å². The summed E-state index contributed by atoms with van der Waals surface area (Å²) in [5, 5.41) is 10.1. The molecule has 0 fully saturated rings. The molecule has 5 nitrogen and oxygen atoms in total. The highest BCUT2D eigenvalue weighted by Gasteiger charge is 2.10. The van der Waals surface area contributed by atoms with E-state index in [-0.39, 0.29) is 12.5 Å². The smallest absolute Gasteiger partial charge is 0.403 e. The third kappa shape index (κ3) is 1.92. The minimum atomic E-state index is -0.627. The summed E-state index contributed by atoms with van der Waals surface area (Å²) in [7, 11) is 0. The first-order valence-electron chi connectivity index (χ1n) is 2.70. The van der Waals surface area contributed by atoms with Crippen molar-refractivity contribution in [3.63, 3.8) is 0 Å². The predicted molar refractivity (Wildman–Crippen MR) is 36.0 cm³/mol. The summed E-state index contributed by atoms with van der Waals surface area (Å²) in [6, 6.07) is 2.67. The van der Waals surface area contributed by atoms with Crippen molar-refractivity contribution in [3.05, 3.63) is 28.0 Å². The van der Waals surface area contributed by atoms with Crippen LogP contribution in [0.1, 0.15) is 5.76 Å². The Morgan fingerprint density at radius 3 is 2.91 bits per heavy atom. The molecule has 60 valence electrons. The van der Waals surface area contributed by atoms with Crippen LogP contribution in [0.4, 0.5) is 5.88 Å². The molecule has 0 N–H and O–H groups in total. The summed E-state index contributed by atoms with van der Waals surface area (Å²) < 4.78 is 8.85. The third-order valence-electron chi connectivity index (χ3n) is 1.02. The Morgan fingerprint density at radius 1 is 1.73 bits per heavy atom. The van der Waals surface area contributed by atoms with Gasteiger partial charge in [-0.2, -0.15) is 0 Å². The molecule has 1 aromatic rings. The van der Waals surface area contributed by atoms with E-state index >= 15 is 0 Å². The number of nitro groups is 1. The van der Waals surface area contributed by atoms with Crippen molar-refractivity contribution in [2.45, 2.75) is 6.61 Å². The number of nitrogens with zero attached hydrogens (tertiary/aromatic N) is 1. The van der Waals surface area contributed by atoms with Gasteiger partial charge in [-0.05, 0) is 6.07 Å². The average Bonchev–Trinajstić information content (AvgIpc) is 2.37. The lowest BCUT2D eigenvalue weighted by molar-refractivity contribution is -0.402. The van der Waals surface area contributed by atoms with E-state index in [1.807, 2.05) is 0 Å². The largest absolute Gasteiger partial charge is 0.433 e. The number of halogens is 1. The van der Waals surface area contributed by atoms with Gasteiger partial charge in [-0.25, -0.2) is 0 Å². The summed E-state index contributed by atoms with van der Waals surface area (Å²) in [4.78, 5) is 9.43. The van der Waals surface area contributed by atoms with Crippen molar-refractivity contribution < 1.29 is 13.6 Å². The highest BCUT2D eigenvalue weighted by molar-refractivity contribution is 6.07. The van der Waals surface area contributed by atoms with Crippen LogP contribution in [0.2, 0.25) is 0 Å². The Hall–Kier alpha value is -1.07. The molecule has 11 heavy (non-hydrogen) atoms. The lowest BCUT2D eigenvalue weighted by Crippen LogP contribution is -1.83. The first-order valence-corrected chi connectivity index (χ1v) is 3.01. The zero-order chi connectivity index (χ0) is 8.27. The molecule has 0 radical (unpaired) electrons. The van der Waals surface area contributed by atoms with E-state index in [2.05, 4.69) is 8.71 Å². The van der Waals surface area contributed by atoms with Gasteiger partial charge < -0.3 is 4.42 Å². The van der Waals surface area contributed by atoms with Gasteiger partial charge in [-0.3, -0.25) is 14.4 Å². The standard InChI is InChI=1S/C5H4ClNO4/c6-10-3-4-1-2-5(11-4)7(8)9/h1-2H,3H2. The van der Waals surface area contributed by atoms with Gasteiger partial charge in [0.05, 0.1) is 17.9 Å². The second-order valence-electron chi connectivity index (χ2n) is 1.75. The minimum Gasteiger partial charge on any atom is -0.403 e. The fraction of sp³-hybridized carbons (Fsp3) is 0.200. The normalized spacial score (nSPS) is 9.91. The maximum Gasteiger partial charge on any atom is 0.433 e. The molecule has 6 heteroatoms. The van der Waals surface area contributed by atoms with E-state index in [1.54, 1.807) is 0 Å². The van der Waals surface area contributed by atoms with Gasteiger partial charge in [-0.15, -0.1) is 0 Å². The molecule has 0 aromatic carbocycles. The molecule has 0 spiro atoms. The van der Waals surface area contributed by atoms with Crippen LogP contribution in [-0.4, -0.2) is 4.92 Å². The van der Waals surface area contributed by atoms with Gasteiger partial charge in [0.15, 0.2) is 0 Å². The Balaban J connectivity index is 2.73. The fourth-order valence-corrected chi connectivity index (χ4v) is 0.704. The van der Waals surface area contributed by atoms with Crippen LogP contribution in [-0.2, 0) is 10.9 Å². The Morgan fingerprint density at radius 2 is 2.45 bits per heavy atom. The van der Waals surface area contributed by atoms with Gasteiger partial charge in [0, 0.05) is 0 Å². The summed E-state index contributed by atoms with van der Waals surface area (Å²) >= 11 is 4.90. The zero-order valence-electron chi connectivity index (χ0n) is 5.32. The van der Waals surface area contributed by atoms with E-state index in [0.29, 0.717) is 5.76 Å². The fourth-order valence-electron chi connectivity index (χ4n) is 0.596. The molecule has 1 rings (SSSR count). The second-order valence-corrected chi connectivity index (χ2v) is 1.97. The summed E-state index contributed by atoms with van der Waals surface area (Å²) in [5.41, 5.74) is 0. The molecule has 0 unspecified atom stereocenters. The van der Waals surface area contributed by atoms with E-state index in [1.165, 1.54) is 12.1 Å². The summed E-state index contributed by atoms with van der Waals surface area (Å²) in [6.45, 7) is 0.0232. The molecular weight excluding hydrogens is 174 g/mol. The Bertz CT molecular complexity index is 259. The monoisotopic (exact) mass is 177 g/mol. The zero-order valence-corrected chi connectivity index (χ0v) is 6.08. The van der Waals surface area contributed by atoms with E-state index in [4.69, 9.17) is 11.9 Å². The summed E-state index contributed by atoms with van der Waals surface area (Å²) in [6.07, 6.45) is 0. The number of rotatable bonds is 3. The predicted octanol–water partition coefficient (Wildman–Crippen LogP) is 1.86. The van der Waals surface area contributed by atoms with Crippen LogP contribution in [0.3, 0.4) is 0 Å². The molecule has 0 aliphatic heterocycles. The van der Waals surface area contributed by atoms with Gasteiger partial charge in [0.1, 0.15) is 17.3 Å². The minimum absolute atomic E-state index is 0.0232. The second kappa shape index (κ2) is 3.36. The Labute approximate surface area is 66.8 Å². The molecule has 0 aliphatic carbocycles. The van der Waals surface area contributed by atoms with Crippen LogP contribution in [0.5, 0.6) is 0 Å². The van der Waals surface area contributed by atoms with Crippen molar-refractivity contribution in [2.75, 3.05) is 0 Å². The topological polar surface area (TPSA) is 65.5 Å². The molecule has 0 saturated heterocycles. The van der Waals surface area contributed by atoms with Gasteiger partial charge in [0.2, 0.25) is 0 Å². The number of hydrogen-bond acceptors (Lipinski definition) is 4. The average molecular weight is 178 g/mol. The van der Waals surface area contributed by atoms with Gasteiger partial charge in [0.25, 0.3) is 0 Å². The molecule has 0 saturated carbocycles. The Kier molecular flexibility index (Phi) is 2.45. The molecular formula is C5H4ClNO4. The van der Waals surface area contributed by atoms with Crippen molar-refractivity contribution in [2.24, 2.45) is 0 Å². The third-order valence-corrected chi connectivity index (χ3v) is 1.13. The highest BCUT2D eigenvalue weighted by atomic mass is 35.5. The van der Waals surface area contributed by atoms with Crippen LogP contribution in [0.15, 0.2) is 16.5 Å². The first-order chi connectivity index (χ1) is 5.24. The molecule has 1 heterocycles. The maximum absolute atomic E-state index is 10.1. The number of furan rings is 1. The van der Waals surface area contributed by atoms with Crippen molar-refractivity contribution in [1.29, 1.82) is 0 Å². The SMILES string of the molecule is O=[N+]([O-])c1ccc(COCl)o1. The van der Waals surface area contributed by atoms with Gasteiger partial charge >= 0.3 is 5.88 Å². The lowest BCUT2D eigenvalue weighted by atomic mass is 10.5. The summed E-state index contributed by atoms with van der Waals surface area (Å²) in [5.74, 6) is 0.0143. The van der Waals surface area contributed by atoms with Crippen molar-refractivity contribution in [3.8, 4) is 0 Å². The molecule has 0 amide bonds. The maximum atomic E-state index is 10.1. The molecule has 0 bridgehead atoms. The lowest BCUT2D eigenvalue weighted by Gasteiger charge is -1.86. The first kappa shape index (κ1) is 8.03. The van der Waals surface area contributed by atoms with E-state index < -0.39 is 4.92 Å². The number of hydrogen-bond donors (Lipinski definition) is 0. The van der Waals surface area contributed by atoms with E-state index in [9.17, 15) is 10.1 Å². The van der Waals surface area contributed by atoms with Crippen molar-refractivity contribution in [1.82, 2.24) is 0 Å². The highest BCUT2D eigenvalue weighted by Crippen LogP contribution is 2.16. The van der Waals surface area contributed by atoms with Crippen molar-refractivity contribution >= 4 is 17.8 Å². The van der Waals surface area contributed by atoms with E-state index in [0.717, 1.165) is 0 Å². The molecule has 1 aromatic heterocycles. The quantitative estimate of drug-likeness (QED) is 0.522. The molecule has 0 atom stereocenters. The van der Waals surface area contributed by atoms with Crippen LogP contribution in [0.25, 0.3) is 0 Å². The molecule has 0 aliphatic rings. The van der Waals surface area contributed by atoms with Crippen LogP contribution < -0.4 is 0 Å². The van der Waals surface area contributed by atoms with Gasteiger partial charge in [-0.1, -0.05) is 0 Å².